The first-order valence-electron chi connectivity index (χ1n) is 42.7. The summed E-state index contributed by atoms with van der Waals surface area (Å²) < 4.78 is 68.7. The number of carbonyl (C=O) groups excluding carboxylic acids is 4. The predicted molar refractivity (Wildman–Crippen MR) is 454 cm³/mol. The van der Waals surface area contributed by atoms with Gasteiger partial charge in [0.1, 0.15) is 19.3 Å². The Labute approximate surface area is 668 Å². The minimum atomic E-state index is -5.01. The van der Waals surface area contributed by atoms with E-state index in [4.69, 9.17) is 37.0 Å². The van der Waals surface area contributed by atoms with Crippen LogP contribution in [0.4, 0.5) is 0 Å². The fraction of sp³-hybridized carbons (Fsp3) is 0.670. The largest absolute Gasteiger partial charge is 0.472 e. The molecular weight excluding hydrogens is 1430 g/mol. The molecule has 0 saturated carbocycles. The van der Waals surface area contributed by atoms with Gasteiger partial charge in [-0.15, -0.1) is 0 Å². The van der Waals surface area contributed by atoms with Crippen LogP contribution in [0, 0.1) is 0 Å². The van der Waals surface area contributed by atoms with Gasteiger partial charge in [0.15, 0.2) is 12.2 Å². The average molecular weight is 1580 g/mol. The van der Waals surface area contributed by atoms with Gasteiger partial charge in [0.25, 0.3) is 0 Å². The number of allylic oxidation sites excluding steroid dienone is 26. The van der Waals surface area contributed by atoms with Crippen LogP contribution in [-0.4, -0.2) is 96.7 Å². The molecule has 0 aromatic carbocycles. The van der Waals surface area contributed by atoms with Crippen LogP contribution in [0.1, 0.15) is 336 Å². The maximum Gasteiger partial charge on any atom is 0.472 e. The molecule has 3 N–H and O–H groups in total. The second-order valence-electron chi connectivity index (χ2n) is 28.0. The van der Waals surface area contributed by atoms with Crippen molar-refractivity contribution in [3.63, 3.8) is 0 Å². The molecule has 5 unspecified atom stereocenters. The minimum absolute atomic E-state index is 0.0256. The van der Waals surface area contributed by atoms with E-state index in [-0.39, 0.29) is 25.7 Å². The molecule has 0 radical (unpaired) electrons. The number of esters is 4. The summed E-state index contributed by atoms with van der Waals surface area (Å²) in [5, 5.41) is 10.7. The molecule has 5 atom stereocenters. The summed E-state index contributed by atoms with van der Waals surface area (Å²) in [6.45, 7) is 4.53. The lowest BCUT2D eigenvalue weighted by atomic mass is 10.0. The Bertz CT molecular complexity index is 2700. The van der Waals surface area contributed by atoms with Crippen molar-refractivity contribution >= 4 is 39.5 Å². The summed E-state index contributed by atoms with van der Waals surface area (Å²) in [5.41, 5.74) is 0. The molecule has 0 bridgehead atoms. The van der Waals surface area contributed by atoms with Gasteiger partial charge < -0.3 is 33.8 Å². The van der Waals surface area contributed by atoms with E-state index < -0.39 is 97.5 Å². The van der Waals surface area contributed by atoms with Crippen molar-refractivity contribution in [2.75, 3.05) is 39.6 Å². The molecule has 0 fully saturated rings. The van der Waals surface area contributed by atoms with Gasteiger partial charge in [-0.3, -0.25) is 37.3 Å². The van der Waals surface area contributed by atoms with E-state index in [1.807, 2.05) is 18.2 Å². The van der Waals surface area contributed by atoms with E-state index in [2.05, 4.69) is 167 Å². The van der Waals surface area contributed by atoms with E-state index in [0.29, 0.717) is 32.1 Å². The Morgan fingerprint density at radius 2 is 0.491 bits per heavy atom. The molecule has 0 aromatic heterocycles. The van der Waals surface area contributed by atoms with Gasteiger partial charge in [0, 0.05) is 25.7 Å². The number of rotatable bonds is 79. The third kappa shape index (κ3) is 80.7. The summed E-state index contributed by atoms with van der Waals surface area (Å²) in [7, 11) is -10.0. The second kappa shape index (κ2) is 81.7. The summed E-state index contributed by atoms with van der Waals surface area (Å²) in [6, 6.07) is 0. The zero-order valence-corrected chi connectivity index (χ0v) is 70.7. The van der Waals surface area contributed by atoms with Gasteiger partial charge in [-0.1, -0.05) is 327 Å². The summed E-state index contributed by atoms with van der Waals surface area (Å²) >= 11 is 0. The van der Waals surface area contributed by atoms with E-state index in [9.17, 15) is 43.2 Å². The molecule has 0 aliphatic rings. The van der Waals surface area contributed by atoms with E-state index in [0.717, 1.165) is 167 Å². The number of phosphoric ester groups is 2. The molecular formula is C91H152O17P2. The smallest absolute Gasteiger partial charge is 0.462 e. The lowest BCUT2D eigenvalue weighted by Gasteiger charge is -2.21. The molecule has 0 aliphatic heterocycles. The van der Waals surface area contributed by atoms with Crippen LogP contribution >= 0.6 is 15.6 Å². The summed E-state index contributed by atoms with van der Waals surface area (Å²) in [6.07, 6.45) is 96.4. The van der Waals surface area contributed by atoms with Crippen molar-refractivity contribution in [1.82, 2.24) is 0 Å². The third-order valence-electron chi connectivity index (χ3n) is 17.5. The number of phosphoric acid groups is 2. The number of unbranched alkanes of at least 4 members (excludes halogenated alkanes) is 27. The molecule has 0 rings (SSSR count). The number of carbonyl (C=O) groups is 4. The van der Waals surface area contributed by atoms with Crippen LogP contribution in [0.2, 0.25) is 0 Å². The van der Waals surface area contributed by atoms with Gasteiger partial charge >= 0.3 is 39.5 Å². The lowest BCUT2D eigenvalue weighted by Crippen LogP contribution is -2.30. The van der Waals surface area contributed by atoms with Gasteiger partial charge in [0.2, 0.25) is 0 Å². The van der Waals surface area contributed by atoms with E-state index in [1.165, 1.54) is 83.5 Å². The SMILES string of the molecule is CC/C=C\C/C=C\C/C=C\C/C=C\C/C=C\C/C=C\CCC(=O)OCC(COP(=O)(O)OCC(O)COP(=O)(O)OCC(COC(=O)CCCCCCCC/C=C\C/C=C\C/C=C\CCCCC)OC(=O)CCCCCCCCCCCCCCCCC)OC(=O)CCCCCC/C=C\C/C=C\C/C=C\C/C=C\CC. The van der Waals surface area contributed by atoms with Gasteiger partial charge in [-0.2, -0.15) is 0 Å². The summed E-state index contributed by atoms with van der Waals surface area (Å²) in [5.74, 6) is -2.31. The van der Waals surface area contributed by atoms with E-state index in [1.54, 1.807) is 0 Å². The number of ether oxygens (including phenoxy) is 4. The van der Waals surface area contributed by atoms with Gasteiger partial charge in [0.05, 0.1) is 26.4 Å². The van der Waals surface area contributed by atoms with Crippen LogP contribution < -0.4 is 0 Å². The van der Waals surface area contributed by atoms with Gasteiger partial charge in [-0.25, -0.2) is 9.13 Å². The van der Waals surface area contributed by atoms with Crippen molar-refractivity contribution in [3.8, 4) is 0 Å². The Hall–Kier alpha value is -5.32. The van der Waals surface area contributed by atoms with E-state index >= 15 is 0 Å². The zero-order valence-electron chi connectivity index (χ0n) is 68.9. The number of hydrogen-bond donors (Lipinski definition) is 3. The van der Waals surface area contributed by atoms with Crippen LogP contribution in [0.5, 0.6) is 0 Å². The monoisotopic (exact) mass is 1580 g/mol. The lowest BCUT2D eigenvalue weighted by molar-refractivity contribution is -0.161. The van der Waals surface area contributed by atoms with Crippen molar-refractivity contribution in [2.45, 2.75) is 354 Å². The summed E-state index contributed by atoms with van der Waals surface area (Å²) in [4.78, 5) is 73.2. The van der Waals surface area contributed by atoms with Crippen LogP contribution in [-0.2, 0) is 65.4 Å². The van der Waals surface area contributed by atoms with Crippen molar-refractivity contribution in [3.05, 3.63) is 158 Å². The Kier molecular flexibility index (Phi) is 77.7. The maximum absolute atomic E-state index is 13.1. The van der Waals surface area contributed by atoms with Gasteiger partial charge in [-0.05, 0) is 141 Å². The minimum Gasteiger partial charge on any atom is -0.462 e. The predicted octanol–water partition coefficient (Wildman–Crippen LogP) is 25.6. The molecule has 0 aliphatic carbocycles. The second-order valence-corrected chi connectivity index (χ2v) is 30.9. The van der Waals surface area contributed by atoms with Crippen LogP contribution in [0.3, 0.4) is 0 Å². The third-order valence-corrected chi connectivity index (χ3v) is 19.4. The molecule has 110 heavy (non-hydrogen) atoms. The number of hydrogen-bond acceptors (Lipinski definition) is 15. The van der Waals surface area contributed by atoms with Crippen molar-refractivity contribution < 1.29 is 80.2 Å². The van der Waals surface area contributed by atoms with Crippen LogP contribution in [0.25, 0.3) is 0 Å². The fourth-order valence-corrected chi connectivity index (χ4v) is 12.6. The topological polar surface area (TPSA) is 237 Å². The molecule has 0 spiro atoms. The molecule has 0 aromatic rings. The molecule has 0 amide bonds. The molecule has 0 heterocycles. The molecule has 628 valence electrons. The highest BCUT2D eigenvalue weighted by Gasteiger charge is 2.30. The number of aliphatic hydroxyl groups is 1. The highest BCUT2D eigenvalue weighted by molar-refractivity contribution is 7.47. The maximum atomic E-state index is 13.1. The normalized spacial score (nSPS) is 14.6. The Balaban J connectivity index is 5.47. The van der Waals surface area contributed by atoms with Crippen molar-refractivity contribution in [1.29, 1.82) is 0 Å². The Morgan fingerprint density at radius 3 is 0.800 bits per heavy atom. The highest BCUT2D eigenvalue weighted by Crippen LogP contribution is 2.45. The molecule has 17 nitrogen and oxygen atoms in total. The zero-order chi connectivity index (χ0) is 80.3. The quantitative estimate of drug-likeness (QED) is 0.0169. The molecule has 19 heteroatoms. The first kappa shape index (κ1) is 105. The first-order chi connectivity index (χ1) is 53.7. The first-order valence-corrected chi connectivity index (χ1v) is 45.7. The molecule has 0 saturated heterocycles. The Morgan fingerprint density at radius 1 is 0.264 bits per heavy atom. The highest BCUT2D eigenvalue weighted by atomic mass is 31.2. The standard InChI is InChI=1S/C91H152O17P2/c1-5-9-13-17-21-25-29-33-37-40-42-45-48-51-55-59-63-67-71-75-88(93)101-81-86(107-90(95)77-73-69-65-61-57-53-47-36-32-28-24-20-16-12-8-4)83-105-109(97,98)103-79-85(92)80-104-110(99,100)106-84-87(108-91(96)78-74-70-66-62-58-54-50-44-39-35-31-27-23-19-15-11-7-3)82-102-89(94)76-72-68-64-60-56-52-49-46-43-41-38-34-30-26-22-18-14-10-6-2/h10-11,14-15,21-23,25-27,33-35,37-39,42-43,45-46,50,52,54,56,64,68,85-87,92H,5-9,12-13,16-20,24,28-32,36,40-41,44,47-49,51,53,55,57-63,65-67,69-84H2,1-4H3,(H,97,98)(H,99,100)/b14-10-,15-11-,25-21-,26-22-,27-23-,37-33-,38-34-,39-35-,45-42-,46-43-,54-50-,56-52-,68-64-. The number of aliphatic hydroxyl groups excluding tert-OH is 1. The average Bonchev–Trinajstić information content (AvgIpc) is 0.906. The van der Waals surface area contributed by atoms with Crippen molar-refractivity contribution in [2.24, 2.45) is 0 Å². The van der Waals surface area contributed by atoms with Crippen LogP contribution in [0.15, 0.2) is 158 Å². The fourth-order valence-electron chi connectivity index (χ4n) is 11.1.